The van der Waals surface area contributed by atoms with Crippen LogP contribution in [0.5, 0.6) is 11.5 Å². The van der Waals surface area contributed by atoms with E-state index in [0.29, 0.717) is 15.2 Å². The summed E-state index contributed by atoms with van der Waals surface area (Å²) in [7, 11) is 1.45. The molecule has 0 bridgehead atoms. The van der Waals surface area contributed by atoms with Crippen LogP contribution in [0.15, 0.2) is 40.9 Å². The Kier molecular flexibility index (Phi) is 5.09. The first-order valence-corrected chi connectivity index (χ1v) is 7.17. The van der Waals surface area contributed by atoms with Crippen molar-refractivity contribution in [1.29, 1.82) is 0 Å². The Morgan fingerprint density at radius 3 is 2.67 bits per heavy atom. The van der Waals surface area contributed by atoms with Gasteiger partial charge in [0.1, 0.15) is 12.2 Å². The van der Waals surface area contributed by atoms with E-state index in [1.54, 1.807) is 12.1 Å². The van der Waals surface area contributed by atoms with Crippen LogP contribution in [-0.2, 0) is 6.61 Å². The van der Waals surface area contributed by atoms with Gasteiger partial charge >= 0.3 is 5.97 Å². The van der Waals surface area contributed by atoms with Gasteiger partial charge in [-0.15, -0.1) is 0 Å². The molecule has 110 valence electrons. The molecule has 0 aliphatic carbocycles. The van der Waals surface area contributed by atoms with Crippen molar-refractivity contribution >= 4 is 33.5 Å². The highest BCUT2D eigenvalue weighted by molar-refractivity contribution is 9.10. The second-order valence-electron chi connectivity index (χ2n) is 4.17. The molecule has 0 saturated heterocycles. The van der Waals surface area contributed by atoms with E-state index in [-0.39, 0.29) is 17.9 Å². The highest BCUT2D eigenvalue weighted by Gasteiger charge is 2.18. The van der Waals surface area contributed by atoms with Gasteiger partial charge in [-0.25, -0.2) is 4.79 Å². The molecule has 0 heterocycles. The van der Waals surface area contributed by atoms with Crippen LogP contribution in [0.3, 0.4) is 0 Å². The van der Waals surface area contributed by atoms with E-state index in [1.165, 1.54) is 13.2 Å². The molecule has 0 aliphatic rings. The summed E-state index contributed by atoms with van der Waals surface area (Å²) in [5, 5.41) is 9.84. The first-order chi connectivity index (χ1) is 10.0. The van der Waals surface area contributed by atoms with E-state index in [0.717, 1.165) is 5.56 Å². The van der Waals surface area contributed by atoms with Gasteiger partial charge < -0.3 is 14.6 Å². The summed E-state index contributed by atoms with van der Waals surface area (Å²) in [5.41, 5.74) is 0.786. The average molecular weight is 372 g/mol. The number of carbonyl (C=O) groups is 1. The molecule has 4 nitrogen and oxygen atoms in total. The largest absolute Gasteiger partial charge is 0.493 e. The number of carboxylic acid groups (broad SMARTS) is 1. The predicted octanol–water partition coefficient (Wildman–Crippen LogP) is 4.39. The molecule has 0 saturated carbocycles. The Morgan fingerprint density at radius 2 is 2.05 bits per heavy atom. The van der Waals surface area contributed by atoms with Crippen LogP contribution in [-0.4, -0.2) is 18.2 Å². The van der Waals surface area contributed by atoms with Crippen molar-refractivity contribution in [2.75, 3.05) is 7.11 Å². The smallest absolute Gasteiger partial charge is 0.339 e. The highest BCUT2D eigenvalue weighted by Crippen LogP contribution is 2.35. The summed E-state index contributed by atoms with van der Waals surface area (Å²) in [5.74, 6) is -0.578. The molecule has 2 aromatic rings. The molecule has 0 aromatic heterocycles. The maximum Gasteiger partial charge on any atom is 0.339 e. The van der Waals surface area contributed by atoms with E-state index >= 15 is 0 Å². The summed E-state index contributed by atoms with van der Waals surface area (Å²) in [6.45, 7) is 0.151. The number of hydrogen-bond donors (Lipinski definition) is 1. The summed E-state index contributed by atoms with van der Waals surface area (Å²) < 4.78 is 11.4. The number of methoxy groups -OCH3 is 1. The number of hydrogen-bond acceptors (Lipinski definition) is 3. The van der Waals surface area contributed by atoms with Crippen LogP contribution in [0.1, 0.15) is 15.9 Å². The Morgan fingerprint density at radius 1 is 1.33 bits per heavy atom. The number of rotatable bonds is 5. The van der Waals surface area contributed by atoms with Crippen molar-refractivity contribution in [3.63, 3.8) is 0 Å². The molecular formula is C15H12BrClO4. The van der Waals surface area contributed by atoms with Crippen molar-refractivity contribution in [1.82, 2.24) is 0 Å². The normalized spacial score (nSPS) is 10.2. The molecule has 0 spiro atoms. The van der Waals surface area contributed by atoms with Crippen molar-refractivity contribution in [3.8, 4) is 11.5 Å². The lowest BCUT2D eigenvalue weighted by Gasteiger charge is -2.14. The van der Waals surface area contributed by atoms with Gasteiger partial charge in [0.25, 0.3) is 0 Å². The number of carboxylic acids is 1. The van der Waals surface area contributed by atoms with Crippen LogP contribution in [0.25, 0.3) is 0 Å². The fourth-order valence-electron chi connectivity index (χ4n) is 1.79. The van der Waals surface area contributed by atoms with Crippen molar-refractivity contribution in [3.05, 3.63) is 57.0 Å². The van der Waals surface area contributed by atoms with E-state index in [9.17, 15) is 9.90 Å². The SMILES string of the molecule is COc1cc(Br)cc(C(=O)O)c1OCc1ccccc1Cl. The lowest BCUT2D eigenvalue weighted by atomic mass is 10.2. The maximum atomic E-state index is 11.3. The average Bonchev–Trinajstić information content (AvgIpc) is 2.46. The third-order valence-corrected chi connectivity index (χ3v) is 3.63. The van der Waals surface area contributed by atoms with Gasteiger partial charge in [-0.3, -0.25) is 0 Å². The third kappa shape index (κ3) is 3.68. The minimum Gasteiger partial charge on any atom is -0.493 e. The number of ether oxygens (including phenoxy) is 2. The Hall–Kier alpha value is -1.72. The van der Waals surface area contributed by atoms with Crippen molar-refractivity contribution < 1.29 is 19.4 Å². The zero-order valence-corrected chi connectivity index (χ0v) is 13.4. The first kappa shape index (κ1) is 15.7. The fourth-order valence-corrected chi connectivity index (χ4v) is 2.42. The van der Waals surface area contributed by atoms with Crippen molar-refractivity contribution in [2.45, 2.75) is 6.61 Å². The zero-order chi connectivity index (χ0) is 15.4. The molecule has 2 aromatic carbocycles. The minimum atomic E-state index is -1.09. The Bertz CT molecular complexity index is 673. The summed E-state index contributed by atoms with van der Waals surface area (Å²) in [6.07, 6.45) is 0. The minimum absolute atomic E-state index is 0.0216. The van der Waals surface area contributed by atoms with Gasteiger partial charge in [-0.2, -0.15) is 0 Å². The molecule has 21 heavy (non-hydrogen) atoms. The first-order valence-electron chi connectivity index (χ1n) is 6.00. The molecule has 0 atom stereocenters. The predicted molar refractivity (Wildman–Crippen MR) is 83.4 cm³/mol. The quantitative estimate of drug-likeness (QED) is 0.847. The number of halogens is 2. The van der Waals surface area contributed by atoms with Crippen molar-refractivity contribution in [2.24, 2.45) is 0 Å². The van der Waals surface area contributed by atoms with Crippen LogP contribution >= 0.6 is 27.5 Å². The topological polar surface area (TPSA) is 55.8 Å². The third-order valence-electron chi connectivity index (χ3n) is 2.80. The summed E-state index contributed by atoms with van der Waals surface area (Å²) in [6, 6.07) is 10.3. The molecule has 0 aliphatic heterocycles. The van der Waals surface area contributed by atoms with Gasteiger partial charge in [0, 0.05) is 15.1 Å². The number of benzene rings is 2. The highest BCUT2D eigenvalue weighted by atomic mass is 79.9. The Balaban J connectivity index is 2.34. The molecular weight excluding hydrogens is 360 g/mol. The molecule has 2 rings (SSSR count). The Labute approximate surface area is 135 Å². The zero-order valence-electron chi connectivity index (χ0n) is 11.1. The van der Waals surface area contributed by atoms with Gasteiger partial charge in [0.2, 0.25) is 0 Å². The standard InChI is InChI=1S/C15H12BrClO4/c1-20-13-7-10(16)6-11(15(18)19)14(13)21-8-9-4-2-3-5-12(9)17/h2-7H,8H2,1H3,(H,18,19). The second kappa shape index (κ2) is 6.83. The number of aromatic carboxylic acids is 1. The van der Waals surface area contributed by atoms with Crippen LogP contribution < -0.4 is 9.47 Å². The lowest BCUT2D eigenvalue weighted by molar-refractivity contribution is 0.0690. The van der Waals surface area contributed by atoms with Crippen LogP contribution in [0.2, 0.25) is 5.02 Å². The summed E-state index contributed by atoms with van der Waals surface area (Å²) >= 11 is 9.30. The van der Waals surface area contributed by atoms with Gasteiger partial charge in [-0.1, -0.05) is 45.7 Å². The van der Waals surface area contributed by atoms with Gasteiger partial charge in [0.05, 0.1) is 7.11 Å². The fraction of sp³-hybridized carbons (Fsp3) is 0.133. The van der Waals surface area contributed by atoms with E-state index in [2.05, 4.69) is 15.9 Å². The monoisotopic (exact) mass is 370 g/mol. The molecule has 0 amide bonds. The molecule has 0 fully saturated rings. The van der Waals surface area contributed by atoms with E-state index < -0.39 is 5.97 Å². The molecule has 0 unspecified atom stereocenters. The van der Waals surface area contributed by atoms with E-state index in [4.69, 9.17) is 21.1 Å². The van der Waals surface area contributed by atoms with Crippen LogP contribution in [0.4, 0.5) is 0 Å². The van der Waals surface area contributed by atoms with Gasteiger partial charge in [-0.05, 0) is 18.2 Å². The molecule has 1 N–H and O–H groups in total. The lowest BCUT2D eigenvalue weighted by Crippen LogP contribution is -2.05. The molecule has 6 heteroatoms. The maximum absolute atomic E-state index is 11.3. The van der Waals surface area contributed by atoms with Gasteiger partial charge in [0.15, 0.2) is 11.5 Å². The second-order valence-corrected chi connectivity index (χ2v) is 5.49. The van der Waals surface area contributed by atoms with Crippen LogP contribution in [0, 0.1) is 0 Å². The van der Waals surface area contributed by atoms with E-state index in [1.807, 2.05) is 18.2 Å². The molecule has 0 radical (unpaired) electrons. The summed E-state index contributed by atoms with van der Waals surface area (Å²) in [4.78, 5) is 11.3.